The SMILES string of the molecule is COc1ccc(C(=O)[C@H](C)Sc2ncc(C#N)c(N)n2)cc1OC. The lowest BCUT2D eigenvalue weighted by Gasteiger charge is -2.12. The summed E-state index contributed by atoms with van der Waals surface area (Å²) in [7, 11) is 3.04. The first-order chi connectivity index (χ1) is 11.5. The van der Waals surface area contributed by atoms with Crippen LogP contribution in [0.4, 0.5) is 5.82 Å². The number of carbonyl (C=O) groups is 1. The fourth-order valence-corrected chi connectivity index (χ4v) is 2.78. The number of ketones is 1. The van der Waals surface area contributed by atoms with E-state index in [1.54, 1.807) is 25.1 Å². The number of nitrogens with zero attached hydrogens (tertiary/aromatic N) is 3. The Bertz CT molecular complexity index is 804. The Hall–Kier alpha value is -2.79. The molecule has 0 aliphatic heterocycles. The third kappa shape index (κ3) is 3.75. The number of thioether (sulfide) groups is 1. The van der Waals surface area contributed by atoms with Crippen molar-refractivity contribution in [3.8, 4) is 17.6 Å². The summed E-state index contributed by atoms with van der Waals surface area (Å²) >= 11 is 1.17. The van der Waals surface area contributed by atoms with E-state index in [2.05, 4.69) is 9.97 Å². The summed E-state index contributed by atoms with van der Waals surface area (Å²) in [6.45, 7) is 1.75. The predicted molar refractivity (Wildman–Crippen MR) is 90.4 cm³/mol. The number of ether oxygens (including phenoxy) is 2. The van der Waals surface area contributed by atoms with Gasteiger partial charge < -0.3 is 15.2 Å². The molecule has 2 aromatic rings. The van der Waals surface area contributed by atoms with E-state index in [-0.39, 0.29) is 17.2 Å². The van der Waals surface area contributed by atoms with Crippen LogP contribution in [0.25, 0.3) is 0 Å². The molecular formula is C16H16N4O3S. The van der Waals surface area contributed by atoms with Gasteiger partial charge >= 0.3 is 0 Å². The quantitative estimate of drug-likeness (QED) is 0.483. The van der Waals surface area contributed by atoms with Crippen molar-refractivity contribution in [3.63, 3.8) is 0 Å². The number of benzene rings is 1. The minimum Gasteiger partial charge on any atom is -0.493 e. The summed E-state index contributed by atoms with van der Waals surface area (Å²) in [6.07, 6.45) is 1.35. The number of methoxy groups -OCH3 is 2. The number of Topliss-reactive ketones (excluding diaryl/α,β-unsaturated/α-hetero) is 1. The van der Waals surface area contributed by atoms with Crippen LogP contribution in [0.15, 0.2) is 29.6 Å². The average molecular weight is 344 g/mol. The van der Waals surface area contributed by atoms with Gasteiger partial charge in [0.05, 0.1) is 25.7 Å². The number of carbonyl (C=O) groups excluding carboxylic acids is 1. The van der Waals surface area contributed by atoms with Gasteiger partial charge in [-0.1, -0.05) is 11.8 Å². The van der Waals surface area contributed by atoms with Crippen LogP contribution in [0.3, 0.4) is 0 Å². The number of nitrogens with two attached hydrogens (primary N) is 1. The fourth-order valence-electron chi connectivity index (χ4n) is 1.96. The topological polar surface area (TPSA) is 111 Å². The first kappa shape index (κ1) is 17.6. The molecule has 0 bridgehead atoms. The van der Waals surface area contributed by atoms with Gasteiger partial charge in [0.1, 0.15) is 17.5 Å². The zero-order valence-electron chi connectivity index (χ0n) is 13.4. The van der Waals surface area contributed by atoms with E-state index in [0.717, 1.165) is 0 Å². The minimum absolute atomic E-state index is 0.0979. The molecule has 1 aromatic carbocycles. The van der Waals surface area contributed by atoms with Gasteiger partial charge in [-0.2, -0.15) is 5.26 Å². The average Bonchev–Trinajstić information content (AvgIpc) is 2.60. The summed E-state index contributed by atoms with van der Waals surface area (Å²) in [5, 5.41) is 8.73. The summed E-state index contributed by atoms with van der Waals surface area (Å²) in [5.41, 5.74) is 6.36. The van der Waals surface area contributed by atoms with E-state index in [1.165, 1.54) is 32.2 Å². The van der Waals surface area contributed by atoms with Crippen molar-refractivity contribution < 1.29 is 14.3 Å². The number of aromatic nitrogens is 2. The summed E-state index contributed by atoms with van der Waals surface area (Å²) in [6, 6.07) is 6.88. The molecule has 0 aliphatic rings. The lowest BCUT2D eigenvalue weighted by Crippen LogP contribution is -2.14. The Morgan fingerprint density at radius 2 is 2.04 bits per heavy atom. The molecule has 124 valence electrons. The molecule has 2 N–H and O–H groups in total. The van der Waals surface area contributed by atoms with Gasteiger partial charge in [-0.05, 0) is 25.1 Å². The second-order valence-corrected chi connectivity index (χ2v) is 6.07. The Balaban J connectivity index is 2.18. The van der Waals surface area contributed by atoms with Gasteiger partial charge in [0, 0.05) is 5.56 Å². The number of hydrogen-bond donors (Lipinski definition) is 1. The monoisotopic (exact) mass is 344 g/mol. The van der Waals surface area contributed by atoms with Gasteiger partial charge in [-0.3, -0.25) is 4.79 Å². The molecule has 2 rings (SSSR count). The maximum absolute atomic E-state index is 12.6. The molecular weight excluding hydrogens is 328 g/mol. The number of anilines is 1. The van der Waals surface area contributed by atoms with E-state index < -0.39 is 5.25 Å². The Labute approximate surface area is 143 Å². The molecule has 0 saturated heterocycles. The van der Waals surface area contributed by atoms with Crippen LogP contribution in [0.1, 0.15) is 22.8 Å². The van der Waals surface area contributed by atoms with Crippen molar-refractivity contribution in [2.75, 3.05) is 20.0 Å². The number of hydrogen-bond acceptors (Lipinski definition) is 8. The van der Waals surface area contributed by atoms with Crippen molar-refractivity contribution in [1.29, 1.82) is 5.26 Å². The molecule has 0 amide bonds. The molecule has 0 radical (unpaired) electrons. The zero-order chi connectivity index (χ0) is 17.7. The maximum atomic E-state index is 12.6. The van der Waals surface area contributed by atoms with Gasteiger partial charge in [-0.25, -0.2) is 9.97 Å². The van der Waals surface area contributed by atoms with Crippen LogP contribution < -0.4 is 15.2 Å². The Morgan fingerprint density at radius 1 is 1.33 bits per heavy atom. The number of rotatable bonds is 6. The van der Waals surface area contributed by atoms with Gasteiger partial charge in [0.25, 0.3) is 0 Å². The maximum Gasteiger partial charge on any atom is 0.190 e. The minimum atomic E-state index is -0.435. The third-order valence-electron chi connectivity index (χ3n) is 3.24. The first-order valence-corrected chi connectivity index (χ1v) is 7.83. The molecule has 1 aromatic heterocycles. The Kier molecular flexibility index (Phi) is 5.60. The van der Waals surface area contributed by atoms with Crippen LogP contribution >= 0.6 is 11.8 Å². The molecule has 7 nitrogen and oxygen atoms in total. The number of nitriles is 1. The van der Waals surface area contributed by atoms with E-state index >= 15 is 0 Å². The lowest BCUT2D eigenvalue weighted by molar-refractivity contribution is 0.0993. The van der Waals surface area contributed by atoms with Crippen LogP contribution in [0.5, 0.6) is 11.5 Å². The summed E-state index contributed by atoms with van der Waals surface area (Å²) < 4.78 is 10.4. The van der Waals surface area contributed by atoms with Crippen LogP contribution in [-0.4, -0.2) is 35.2 Å². The molecule has 0 aliphatic carbocycles. The molecule has 0 fully saturated rings. The van der Waals surface area contributed by atoms with Crippen LogP contribution in [-0.2, 0) is 0 Å². The van der Waals surface area contributed by atoms with Crippen molar-refractivity contribution in [2.45, 2.75) is 17.3 Å². The highest BCUT2D eigenvalue weighted by Crippen LogP contribution is 2.30. The van der Waals surface area contributed by atoms with Crippen LogP contribution in [0, 0.1) is 11.3 Å². The molecule has 24 heavy (non-hydrogen) atoms. The van der Waals surface area contributed by atoms with Crippen molar-refractivity contribution in [2.24, 2.45) is 0 Å². The lowest BCUT2D eigenvalue weighted by atomic mass is 10.1. The highest BCUT2D eigenvalue weighted by Gasteiger charge is 2.20. The van der Waals surface area contributed by atoms with Gasteiger partial charge in [0.15, 0.2) is 22.4 Å². The second kappa shape index (κ2) is 7.66. The molecule has 0 unspecified atom stereocenters. The molecule has 1 atom stereocenters. The molecule has 1 heterocycles. The highest BCUT2D eigenvalue weighted by atomic mass is 32.2. The predicted octanol–water partition coefficient (Wildman–Crippen LogP) is 2.31. The Morgan fingerprint density at radius 3 is 2.62 bits per heavy atom. The highest BCUT2D eigenvalue weighted by molar-refractivity contribution is 8.00. The largest absolute Gasteiger partial charge is 0.493 e. The van der Waals surface area contributed by atoms with Gasteiger partial charge in [0.2, 0.25) is 0 Å². The first-order valence-electron chi connectivity index (χ1n) is 6.95. The van der Waals surface area contributed by atoms with E-state index in [4.69, 9.17) is 20.5 Å². The van der Waals surface area contributed by atoms with Gasteiger partial charge in [-0.15, -0.1) is 0 Å². The zero-order valence-corrected chi connectivity index (χ0v) is 14.3. The summed E-state index contributed by atoms with van der Waals surface area (Å²) in [4.78, 5) is 20.6. The molecule has 0 saturated carbocycles. The van der Waals surface area contributed by atoms with E-state index in [9.17, 15) is 4.79 Å². The second-order valence-electron chi connectivity index (χ2n) is 4.76. The van der Waals surface area contributed by atoms with E-state index in [0.29, 0.717) is 22.2 Å². The summed E-state index contributed by atoms with van der Waals surface area (Å²) in [5.74, 6) is 1.03. The third-order valence-corrected chi connectivity index (χ3v) is 4.21. The fraction of sp³-hybridized carbons (Fsp3) is 0.250. The van der Waals surface area contributed by atoms with Crippen LogP contribution in [0.2, 0.25) is 0 Å². The van der Waals surface area contributed by atoms with Crippen molar-refractivity contribution in [3.05, 3.63) is 35.5 Å². The smallest absolute Gasteiger partial charge is 0.190 e. The molecule has 8 heteroatoms. The number of nitrogen functional groups attached to an aromatic ring is 1. The normalized spacial score (nSPS) is 11.4. The standard InChI is InChI=1S/C16H16N4O3S/c1-9(24-16-19-8-11(7-17)15(18)20-16)14(21)10-4-5-12(22-2)13(6-10)23-3/h4-6,8-9H,1-3H3,(H2,18,19,20)/t9-/m0/s1. The van der Waals surface area contributed by atoms with Crippen molar-refractivity contribution >= 4 is 23.4 Å². The van der Waals surface area contributed by atoms with E-state index in [1.807, 2.05) is 6.07 Å². The molecule has 0 spiro atoms. The van der Waals surface area contributed by atoms with Crippen molar-refractivity contribution in [1.82, 2.24) is 9.97 Å².